The fraction of sp³-hybridized carbons (Fsp3) is 0.462. The average Bonchev–Trinajstić information content (AvgIpc) is 2.17. The summed E-state index contributed by atoms with van der Waals surface area (Å²) in [4.78, 5) is 11.0. The van der Waals surface area contributed by atoms with Gasteiger partial charge < -0.3 is 9.90 Å². The second kappa shape index (κ2) is 5.54. The number of rotatable bonds is 5. The van der Waals surface area contributed by atoms with Gasteiger partial charge in [0.2, 0.25) is 0 Å². The number of hydrogen-bond acceptors (Lipinski definition) is 2. The molecule has 0 atom stereocenters. The molecule has 0 unspecified atom stereocenters. The molecule has 15 heavy (non-hydrogen) atoms. The van der Waals surface area contributed by atoms with Crippen molar-refractivity contribution in [2.45, 2.75) is 39.5 Å². The van der Waals surface area contributed by atoms with E-state index in [0.717, 1.165) is 36.8 Å². The summed E-state index contributed by atoms with van der Waals surface area (Å²) in [5.74, 6) is -1.06. The van der Waals surface area contributed by atoms with Crippen molar-refractivity contribution in [3.63, 3.8) is 0 Å². The molecule has 2 nitrogen and oxygen atoms in total. The maximum Gasteiger partial charge on any atom is 0.0720 e. The van der Waals surface area contributed by atoms with Crippen LogP contribution in [0.1, 0.15) is 47.7 Å². The van der Waals surface area contributed by atoms with Crippen molar-refractivity contribution in [2.24, 2.45) is 0 Å². The summed E-state index contributed by atoms with van der Waals surface area (Å²) in [6.07, 6.45) is 4.16. The number of aromatic carboxylic acids is 1. The van der Waals surface area contributed by atoms with Crippen LogP contribution >= 0.6 is 0 Å². The van der Waals surface area contributed by atoms with Gasteiger partial charge in [-0.15, -0.1) is 0 Å². The van der Waals surface area contributed by atoms with E-state index in [-0.39, 0.29) is 0 Å². The molecule has 0 saturated heterocycles. The van der Waals surface area contributed by atoms with Gasteiger partial charge in [0.05, 0.1) is 5.97 Å². The van der Waals surface area contributed by atoms with Gasteiger partial charge >= 0.3 is 0 Å². The van der Waals surface area contributed by atoms with Crippen LogP contribution in [-0.4, -0.2) is 5.97 Å². The van der Waals surface area contributed by atoms with Crippen LogP contribution in [0.5, 0.6) is 0 Å². The predicted molar refractivity (Wildman–Crippen MR) is 58.7 cm³/mol. The predicted octanol–water partition coefficient (Wildman–Crippen LogP) is 2.09. The maximum atomic E-state index is 11.0. The molecule has 2 heteroatoms. The van der Waals surface area contributed by atoms with Crippen LogP contribution in [0.25, 0.3) is 0 Å². The Balaban J connectivity index is 2.86. The highest BCUT2D eigenvalue weighted by molar-refractivity contribution is 5.89. The molecule has 82 valence electrons. The smallest absolute Gasteiger partial charge is 0.0720 e. The number of benzene rings is 1. The van der Waals surface area contributed by atoms with Gasteiger partial charge in [-0.2, -0.15) is 0 Å². The Morgan fingerprint density at radius 2 is 2.07 bits per heavy atom. The molecule has 0 radical (unpaired) electrons. The van der Waals surface area contributed by atoms with Crippen molar-refractivity contribution < 1.29 is 9.90 Å². The van der Waals surface area contributed by atoms with Crippen molar-refractivity contribution in [1.29, 1.82) is 0 Å². The quantitative estimate of drug-likeness (QED) is 0.690. The van der Waals surface area contributed by atoms with Crippen molar-refractivity contribution >= 4 is 5.97 Å². The fourth-order valence-electron chi connectivity index (χ4n) is 1.79. The third-order valence-electron chi connectivity index (χ3n) is 2.61. The summed E-state index contributed by atoms with van der Waals surface area (Å²) >= 11 is 0. The van der Waals surface area contributed by atoms with Crippen LogP contribution in [-0.2, 0) is 6.42 Å². The lowest BCUT2D eigenvalue weighted by atomic mass is 9.97. The van der Waals surface area contributed by atoms with E-state index in [1.807, 2.05) is 25.1 Å². The first-order valence-electron chi connectivity index (χ1n) is 5.46. The molecule has 0 aliphatic carbocycles. The molecule has 0 amide bonds. The van der Waals surface area contributed by atoms with Crippen molar-refractivity contribution in [3.05, 3.63) is 34.9 Å². The molecule has 0 spiro atoms. The lowest BCUT2D eigenvalue weighted by molar-refractivity contribution is -0.255. The van der Waals surface area contributed by atoms with Crippen molar-refractivity contribution in [3.8, 4) is 0 Å². The van der Waals surface area contributed by atoms with E-state index in [2.05, 4.69) is 6.92 Å². The molecule has 0 heterocycles. The molecule has 0 aromatic heterocycles. The van der Waals surface area contributed by atoms with Gasteiger partial charge in [-0.1, -0.05) is 38.0 Å². The zero-order chi connectivity index (χ0) is 11.3. The molecule has 0 fully saturated rings. The number of aryl methyl sites for hydroxylation is 2. The van der Waals surface area contributed by atoms with Gasteiger partial charge in [0.15, 0.2) is 0 Å². The monoisotopic (exact) mass is 205 g/mol. The summed E-state index contributed by atoms with van der Waals surface area (Å²) in [6.45, 7) is 3.95. The fourth-order valence-corrected chi connectivity index (χ4v) is 1.79. The topological polar surface area (TPSA) is 40.1 Å². The lowest BCUT2D eigenvalue weighted by Crippen LogP contribution is -2.25. The number of carbonyl (C=O) groups is 1. The molecule has 1 aromatic carbocycles. The largest absolute Gasteiger partial charge is 0.545 e. The van der Waals surface area contributed by atoms with E-state index in [9.17, 15) is 9.90 Å². The Labute approximate surface area is 90.9 Å². The third-order valence-corrected chi connectivity index (χ3v) is 2.61. The molecule has 0 saturated carbocycles. The molecule has 1 aromatic rings. The summed E-state index contributed by atoms with van der Waals surface area (Å²) in [5.41, 5.74) is 2.08. The number of carbonyl (C=O) groups excluding carboxylic acids is 1. The normalized spacial score (nSPS) is 10.3. The summed E-state index contributed by atoms with van der Waals surface area (Å²) < 4.78 is 0. The highest BCUT2D eigenvalue weighted by Crippen LogP contribution is 2.16. The van der Waals surface area contributed by atoms with E-state index in [4.69, 9.17) is 0 Å². The van der Waals surface area contributed by atoms with E-state index in [1.165, 1.54) is 0 Å². The van der Waals surface area contributed by atoms with Crippen LogP contribution in [0.2, 0.25) is 0 Å². The molecule has 0 N–H and O–H groups in total. The van der Waals surface area contributed by atoms with Gasteiger partial charge in [-0.05, 0) is 30.9 Å². The van der Waals surface area contributed by atoms with Crippen molar-refractivity contribution in [2.75, 3.05) is 0 Å². The summed E-state index contributed by atoms with van der Waals surface area (Å²) in [5, 5.41) is 11.0. The van der Waals surface area contributed by atoms with Crippen molar-refractivity contribution in [1.82, 2.24) is 0 Å². The maximum absolute atomic E-state index is 11.0. The van der Waals surface area contributed by atoms with E-state index in [1.54, 1.807) is 0 Å². The van der Waals surface area contributed by atoms with Crippen LogP contribution in [0.4, 0.5) is 0 Å². The number of carboxylic acids is 1. The van der Waals surface area contributed by atoms with E-state index < -0.39 is 5.97 Å². The van der Waals surface area contributed by atoms with E-state index >= 15 is 0 Å². The van der Waals surface area contributed by atoms with Gasteiger partial charge in [-0.25, -0.2) is 0 Å². The minimum atomic E-state index is -1.06. The van der Waals surface area contributed by atoms with Gasteiger partial charge in [0.1, 0.15) is 0 Å². The molecule has 0 aliphatic heterocycles. The SMILES string of the molecule is CCCCCc1cccc(C)c1C(=O)[O-]. The first-order valence-corrected chi connectivity index (χ1v) is 5.46. The number of carboxylic acid groups (broad SMARTS) is 1. The van der Waals surface area contributed by atoms with Gasteiger partial charge in [0.25, 0.3) is 0 Å². The first-order chi connectivity index (χ1) is 7.16. The first kappa shape index (κ1) is 11.8. The van der Waals surface area contributed by atoms with Crippen LogP contribution in [0.3, 0.4) is 0 Å². The summed E-state index contributed by atoms with van der Waals surface area (Å²) in [6, 6.07) is 5.60. The Morgan fingerprint density at radius 3 is 2.67 bits per heavy atom. The van der Waals surface area contributed by atoms with Gasteiger partial charge in [0, 0.05) is 5.56 Å². The Morgan fingerprint density at radius 1 is 1.33 bits per heavy atom. The highest BCUT2D eigenvalue weighted by Gasteiger charge is 2.05. The van der Waals surface area contributed by atoms with Crippen LogP contribution in [0.15, 0.2) is 18.2 Å². The lowest BCUT2D eigenvalue weighted by Gasteiger charge is -2.13. The minimum absolute atomic E-state index is 0.383. The van der Waals surface area contributed by atoms with Gasteiger partial charge in [-0.3, -0.25) is 0 Å². The van der Waals surface area contributed by atoms with Crippen LogP contribution in [0, 0.1) is 6.92 Å². The summed E-state index contributed by atoms with van der Waals surface area (Å²) in [7, 11) is 0. The second-order valence-corrected chi connectivity index (χ2v) is 3.85. The average molecular weight is 205 g/mol. The molecule has 0 aliphatic rings. The molecular formula is C13H17O2-. The van der Waals surface area contributed by atoms with Crippen LogP contribution < -0.4 is 5.11 Å². The third kappa shape index (κ3) is 3.08. The standard InChI is InChI=1S/C13H18O2/c1-3-4-5-8-11-9-6-7-10(2)12(11)13(14)15/h6-7,9H,3-5,8H2,1-2H3,(H,14,15)/p-1. The number of hydrogen-bond donors (Lipinski definition) is 0. The zero-order valence-corrected chi connectivity index (χ0v) is 9.38. The Bertz CT molecular complexity index is 342. The minimum Gasteiger partial charge on any atom is -0.545 e. The Kier molecular flexibility index (Phi) is 4.35. The highest BCUT2D eigenvalue weighted by atomic mass is 16.4. The Hall–Kier alpha value is -1.31. The zero-order valence-electron chi connectivity index (χ0n) is 9.38. The second-order valence-electron chi connectivity index (χ2n) is 3.85. The molecule has 1 rings (SSSR count). The molecule has 0 bridgehead atoms. The number of unbranched alkanes of at least 4 members (excludes halogenated alkanes) is 2. The van der Waals surface area contributed by atoms with E-state index in [0.29, 0.717) is 5.56 Å². The molecular weight excluding hydrogens is 188 g/mol.